The summed E-state index contributed by atoms with van der Waals surface area (Å²) in [7, 11) is 2.15. The maximum absolute atomic E-state index is 10.5. The summed E-state index contributed by atoms with van der Waals surface area (Å²) in [5.41, 5.74) is 3.64. The standard InChI is InChI=1S/C21H30N4O/c1-14(2)10-16-7-8-18(19(26)12-16)21-15(3)11-20(23-24-21)22-17-6-5-9-25(4)13-17/h7-8,11-12,14,17,26H,5-6,9-10,13H2,1-4H3,(H,22,23)/t17-/m0/s1. The van der Waals surface area contributed by atoms with Crippen LogP contribution < -0.4 is 5.32 Å². The monoisotopic (exact) mass is 354 g/mol. The van der Waals surface area contributed by atoms with E-state index in [0.29, 0.717) is 12.0 Å². The molecule has 140 valence electrons. The fraction of sp³-hybridized carbons (Fsp3) is 0.524. The van der Waals surface area contributed by atoms with Gasteiger partial charge in [0, 0.05) is 18.2 Å². The van der Waals surface area contributed by atoms with Gasteiger partial charge in [0.05, 0.1) is 5.69 Å². The van der Waals surface area contributed by atoms with E-state index < -0.39 is 0 Å². The molecule has 0 spiro atoms. The number of phenolic OH excluding ortho intramolecular Hbond substituents is 1. The zero-order valence-electron chi connectivity index (χ0n) is 16.3. The molecule has 2 N–H and O–H groups in total. The van der Waals surface area contributed by atoms with E-state index in [1.807, 2.05) is 25.1 Å². The van der Waals surface area contributed by atoms with Gasteiger partial charge in [0.15, 0.2) is 0 Å². The predicted molar refractivity (Wildman–Crippen MR) is 107 cm³/mol. The Morgan fingerprint density at radius 1 is 1.27 bits per heavy atom. The van der Waals surface area contributed by atoms with Gasteiger partial charge in [0.2, 0.25) is 0 Å². The highest BCUT2D eigenvalue weighted by molar-refractivity contribution is 5.70. The van der Waals surface area contributed by atoms with Gasteiger partial charge < -0.3 is 15.3 Å². The fourth-order valence-electron chi connectivity index (χ4n) is 3.69. The van der Waals surface area contributed by atoms with Crippen LogP contribution in [0.25, 0.3) is 11.3 Å². The quantitative estimate of drug-likeness (QED) is 0.854. The molecule has 1 aromatic carbocycles. The lowest BCUT2D eigenvalue weighted by atomic mass is 9.99. The van der Waals surface area contributed by atoms with E-state index in [9.17, 15) is 5.11 Å². The number of likely N-dealkylation sites (tertiary alicyclic amines) is 1. The zero-order chi connectivity index (χ0) is 18.7. The molecule has 5 nitrogen and oxygen atoms in total. The molecule has 0 radical (unpaired) electrons. The number of nitrogens with zero attached hydrogens (tertiary/aromatic N) is 3. The Labute approximate surface area is 156 Å². The van der Waals surface area contributed by atoms with Crippen LogP contribution in [0.5, 0.6) is 5.75 Å². The van der Waals surface area contributed by atoms with Gasteiger partial charge in [0.1, 0.15) is 11.6 Å². The van der Waals surface area contributed by atoms with Crippen molar-refractivity contribution in [3.8, 4) is 17.0 Å². The molecule has 26 heavy (non-hydrogen) atoms. The molecule has 2 aromatic rings. The summed E-state index contributed by atoms with van der Waals surface area (Å²) >= 11 is 0. The molecule has 3 rings (SSSR count). The van der Waals surface area contributed by atoms with Crippen LogP contribution in [0.15, 0.2) is 24.3 Å². The molecule has 0 bridgehead atoms. The molecule has 1 atom stereocenters. The van der Waals surface area contributed by atoms with Crippen molar-refractivity contribution >= 4 is 5.82 Å². The summed E-state index contributed by atoms with van der Waals surface area (Å²) in [5, 5.41) is 22.7. The second-order valence-electron chi connectivity index (χ2n) is 7.96. The van der Waals surface area contributed by atoms with Crippen molar-refractivity contribution in [2.75, 3.05) is 25.5 Å². The third-order valence-electron chi connectivity index (χ3n) is 4.92. The number of aryl methyl sites for hydroxylation is 1. The summed E-state index contributed by atoms with van der Waals surface area (Å²) in [6, 6.07) is 8.31. The van der Waals surface area contributed by atoms with Crippen molar-refractivity contribution in [1.29, 1.82) is 0 Å². The van der Waals surface area contributed by atoms with Crippen molar-refractivity contribution in [3.05, 3.63) is 35.4 Å². The average molecular weight is 354 g/mol. The molecule has 1 fully saturated rings. The van der Waals surface area contributed by atoms with E-state index in [-0.39, 0.29) is 5.75 Å². The number of anilines is 1. The van der Waals surface area contributed by atoms with E-state index in [0.717, 1.165) is 54.1 Å². The van der Waals surface area contributed by atoms with Crippen LogP contribution in [0, 0.1) is 12.8 Å². The minimum Gasteiger partial charge on any atom is -0.507 e. The molecular formula is C21H30N4O. The predicted octanol–water partition coefficient (Wildman–Crippen LogP) is 3.86. The molecule has 5 heteroatoms. The molecule has 0 unspecified atom stereocenters. The zero-order valence-corrected chi connectivity index (χ0v) is 16.3. The Bertz CT molecular complexity index is 760. The van der Waals surface area contributed by atoms with E-state index in [1.165, 1.54) is 6.42 Å². The van der Waals surface area contributed by atoms with Crippen LogP contribution in [-0.4, -0.2) is 46.4 Å². The Balaban J connectivity index is 1.77. The fourth-order valence-corrected chi connectivity index (χ4v) is 3.69. The van der Waals surface area contributed by atoms with Gasteiger partial charge in [-0.15, -0.1) is 10.2 Å². The first-order valence-corrected chi connectivity index (χ1v) is 9.54. The second kappa shape index (κ2) is 8.04. The number of piperidine rings is 1. The highest BCUT2D eigenvalue weighted by Gasteiger charge is 2.18. The molecule has 1 aliphatic rings. The van der Waals surface area contributed by atoms with Crippen LogP contribution in [0.4, 0.5) is 5.82 Å². The Hall–Kier alpha value is -2.14. The van der Waals surface area contributed by atoms with Crippen LogP contribution in [-0.2, 0) is 6.42 Å². The van der Waals surface area contributed by atoms with Crippen molar-refractivity contribution in [2.45, 2.75) is 46.1 Å². The van der Waals surface area contributed by atoms with E-state index >= 15 is 0 Å². The SMILES string of the molecule is Cc1cc(N[C@H]2CCCN(C)C2)nnc1-c1ccc(CC(C)C)cc1O. The molecule has 0 aliphatic carbocycles. The lowest BCUT2D eigenvalue weighted by Gasteiger charge is -2.30. The molecule has 1 aromatic heterocycles. The second-order valence-corrected chi connectivity index (χ2v) is 7.96. The average Bonchev–Trinajstić information content (AvgIpc) is 2.55. The maximum atomic E-state index is 10.5. The normalized spacial score (nSPS) is 18.3. The smallest absolute Gasteiger partial charge is 0.149 e. The minimum atomic E-state index is 0.273. The number of hydrogen-bond acceptors (Lipinski definition) is 5. The highest BCUT2D eigenvalue weighted by Crippen LogP contribution is 2.31. The number of phenols is 1. The Morgan fingerprint density at radius 2 is 2.08 bits per heavy atom. The largest absolute Gasteiger partial charge is 0.507 e. The van der Waals surface area contributed by atoms with Gasteiger partial charge in [-0.1, -0.05) is 19.9 Å². The summed E-state index contributed by atoms with van der Waals surface area (Å²) < 4.78 is 0. The summed E-state index contributed by atoms with van der Waals surface area (Å²) in [4.78, 5) is 2.34. The van der Waals surface area contributed by atoms with Gasteiger partial charge in [-0.2, -0.15) is 0 Å². The van der Waals surface area contributed by atoms with Crippen molar-refractivity contribution in [1.82, 2.24) is 15.1 Å². The third-order valence-corrected chi connectivity index (χ3v) is 4.92. The lowest BCUT2D eigenvalue weighted by Crippen LogP contribution is -2.39. The minimum absolute atomic E-state index is 0.273. The van der Waals surface area contributed by atoms with Gasteiger partial charge in [-0.25, -0.2) is 0 Å². The van der Waals surface area contributed by atoms with Crippen LogP contribution in [0.1, 0.15) is 37.8 Å². The van der Waals surface area contributed by atoms with Gasteiger partial charge in [-0.05, 0) is 75.0 Å². The summed E-state index contributed by atoms with van der Waals surface area (Å²) in [5.74, 6) is 1.64. The first-order chi connectivity index (χ1) is 12.4. The molecular weight excluding hydrogens is 324 g/mol. The Morgan fingerprint density at radius 3 is 2.73 bits per heavy atom. The lowest BCUT2D eigenvalue weighted by molar-refractivity contribution is 0.260. The molecule has 0 amide bonds. The molecule has 0 saturated carbocycles. The van der Waals surface area contributed by atoms with Crippen LogP contribution in [0.3, 0.4) is 0 Å². The number of benzene rings is 1. The summed E-state index contributed by atoms with van der Waals surface area (Å²) in [6.07, 6.45) is 3.32. The number of rotatable bonds is 5. The van der Waals surface area contributed by atoms with Crippen LogP contribution >= 0.6 is 0 Å². The molecule has 1 aliphatic heterocycles. The topological polar surface area (TPSA) is 61.3 Å². The Kier molecular flexibility index (Phi) is 5.77. The number of likely N-dealkylation sites (N-methyl/N-ethyl adjacent to an activating group) is 1. The third kappa shape index (κ3) is 4.52. The van der Waals surface area contributed by atoms with Gasteiger partial charge >= 0.3 is 0 Å². The van der Waals surface area contributed by atoms with Gasteiger partial charge in [0.25, 0.3) is 0 Å². The van der Waals surface area contributed by atoms with E-state index in [2.05, 4.69) is 47.4 Å². The first kappa shape index (κ1) is 18.6. The van der Waals surface area contributed by atoms with E-state index in [1.54, 1.807) is 0 Å². The summed E-state index contributed by atoms with van der Waals surface area (Å²) in [6.45, 7) is 8.56. The van der Waals surface area contributed by atoms with Gasteiger partial charge in [-0.3, -0.25) is 0 Å². The highest BCUT2D eigenvalue weighted by atomic mass is 16.3. The molecule has 1 saturated heterocycles. The number of aromatic nitrogens is 2. The van der Waals surface area contributed by atoms with Crippen molar-refractivity contribution in [2.24, 2.45) is 5.92 Å². The first-order valence-electron chi connectivity index (χ1n) is 9.54. The van der Waals surface area contributed by atoms with Crippen molar-refractivity contribution in [3.63, 3.8) is 0 Å². The van der Waals surface area contributed by atoms with Crippen molar-refractivity contribution < 1.29 is 5.11 Å². The molecule has 2 heterocycles. The number of hydrogen-bond donors (Lipinski definition) is 2. The number of nitrogens with one attached hydrogen (secondary N) is 1. The van der Waals surface area contributed by atoms with E-state index in [4.69, 9.17) is 0 Å². The maximum Gasteiger partial charge on any atom is 0.149 e. The number of aromatic hydroxyl groups is 1. The van der Waals surface area contributed by atoms with Crippen LogP contribution in [0.2, 0.25) is 0 Å².